The molecule has 1 heterocycles. The van der Waals surface area contributed by atoms with Crippen LogP contribution in [0.2, 0.25) is 0 Å². The van der Waals surface area contributed by atoms with Crippen molar-refractivity contribution in [3.05, 3.63) is 12.2 Å². The van der Waals surface area contributed by atoms with Crippen LogP contribution in [0.15, 0.2) is 12.2 Å². The minimum atomic E-state index is -0.811. The van der Waals surface area contributed by atoms with E-state index in [1.165, 1.54) is 0 Å². The average molecular weight is 316 g/mol. The molecule has 0 bridgehead atoms. The maximum atomic E-state index is 10.4. The first-order chi connectivity index (χ1) is 10.3. The Bertz CT molecular complexity index is 346. The second-order valence-electron chi connectivity index (χ2n) is 6.48. The summed E-state index contributed by atoms with van der Waals surface area (Å²) >= 11 is 0. The maximum absolute atomic E-state index is 10.4. The monoisotopic (exact) mass is 316 g/mol. The first-order valence-electron chi connectivity index (χ1n) is 8.19. The number of hydrogen-bond acceptors (Lipinski definition) is 5. The Balaban J connectivity index is 2.66. The summed E-state index contributed by atoms with van der Waals surface area (Å²) in [5.74, 6) is 0.386. The van der Waals surface area contributed by atoms with Crippen molar-refractivity contribution in [1.82, 2.24) is 0 Å². The Morgan fingerprint density at radius 1 is 1.27 bits per heavy atom. The summed E-state index contributed by atoms with van der Waals surface area (Å²) in [6, 6.07) is 0. The molecule has 0 spiro atoms. The highest BCUT2D eigenvalue weighted by atomic mass is 16.6. The van der Waals surface area contributed by atoms with Gasteiger partial charge in [0.2, 0.25) is 0 Å². The number of methoxy groups -OCH3 is 1. The molecule has 22 heavy (non-hydrogen) atoms. The Morgan fingerprint density at radius 2 is 1.91 bits per heavy atom. The lowest BCUT2D eigenvalue weighted by molar-refractivity contribution is -0.0461. The molecule has 3 N–H and O–H groups in total. The van der Waals surface area contributed by atoms with Gasteiger partial charge in [-0.25, -0.2) is 0 Å². The van der Waals surface area contributed by atoms with Crippen molar-refractivity contribution in [1.29, 1.82) is 0 Å². The van der Waals surface area contributed by atoms with Gasteiger partial charge < -0.3 is 24.8 Å². The van der Waals surface area contributed by atoms with Gasteiger partial charge in [0.05, 0.1) is 37.1 Å². The fraction of sp³-hybridized carbons (Fsp3) is 0.882. The minimum absolute atomic E-state index is 0.111. The number of aliphatic hydroxyl groups is 3. The highest BCUT2D eigenvalue weighted by Gasteiger charge is 2.43. The third kappa shape index (κ3) is 4.77. The number of rotatable bonds is 9. The van der Waals surface area contributed by atoms with Crippen LogP contribution in [-0.2, 0) is 9.47 Å². The highest BCUT2D eigenvalue weighted by Crippen LogP contribution is 2.35. The van der Waals surface area contributed by atoms with Crippen LogP contribution in [0.25, 0.3) is 0 Å². The predicted molar refractivity (Wildman–Crippen MR) is 85.6 cm³/mol. The fourth-order valence-electron chi connectivity index (χ4n) is 3.11. The van der Waals surface area contributed by atoms with Crippen molar-refractivity contribution in [3.63, 3.8) is 0 Å². The molecule has 0 aliphatic carbocycles. The van der Waals surface area contributed by atoms with Crippen LogP contribution in [0.5, 0.6) is 0 Å². The van der Waals surface area contributed by atoms with Gasteiger partial charge in [-0.3, -0.25) is 0 Å². The van der Waals surface area contributed by atoms with Crippen LogP contribution in [-0.4, -0.2) is 59.6 Å². The average Bonchev–Trinajstić information content (AvgIpc) is 2.80. The van der Waals surface area contributed by atoms with Crippen LogP contribution in [0.4, 0.5) is 0 Å². The third-order valence-electron chi connectivity index (χ3n) is 4.94. The molecule has 5 nitrogen and oxygen atoms in total. The predicted octanol–water partition coefficient (Wildman–Crippen LogP) is 1.50. The zero-order chi connectivity index (χ0) is 16.9. The van der Waals surface area contributed by atoms with Gasteiger partial charge in [0.25, 0.3) is 0 Å². The van der Waals surface area contributed by atoms with Crippen LogP contribution in [0.1, 0.15) is 40.0 Å². The Hall–Kier alpha value is -0.460. The third-order valence-corrected chi connectivity index (χ3v) is 4.94. The van der Waals surface area contributed by atoms with E-state index in [1.807, 2.05) is 6.92 Å². The molecule has 1 rings (SSSR count). The van der Waals surface area contributed by atoms with Crippen molar-refractivity contribution in [2.75, 3.05) is 13.7 Å². The van der Waals surface area contributed by atoms with Crippen molar-refractivity contribution >= 4 is 0 Å². The van der Waals surface area contributed by atoms with Crippen LogP contribution < -0.4 is 0 Å². The van der Waals surface area contributed by atoms with E-state index in [0.29, 0.717) is 12.8 Å². The first-order valence-corrected chi connectivity index (χ1v) is 8.19. The van der Waals surface area contributed by atoms with Crippen LogP contribution >= 0.6 is 0 Å². The standard InChI is InChI=1S/C17H32O5/c1-6-10(2)11(3)14(20)8-15-12(4)17(21-5)16(22-15)7-13(19)9-18/h10,12-20H,3,6-9H2,1-2,4-5H3/t10-,12?,13?,14?,15?,16?,17-/m1/s1. The van der Waals surface area contributed by atoms with E-state index in [9.17, 15) is 10.2 Å². The molecule has 7 atom stereocenters. The Morgan fingerprint density at radius 3 is 2.41 bits per heavy atom. The number of aliphatic hydroxyl groups excluding tert-OH is 3. The molecule has 5 heteroatoms. The second-order valence-corrected chi connectivity index (χ2v) is 6.48. The summed E-state index contributed by atoms with van der Waals surface area (Å²) in [7, 11) is 1.62. The van der Waals surface area contributed by atoms with Crippen LogP contribution in [0, 0.1) is 11.8 Å². The van der Waals surface area contributed by atoms with Gasteiger partial charge in [0, 0.05) is 25.9 Å². The molecule has 0 aromatic heterocycles. The molecule has 0 saturated carbocycles. The van der Waals surface area contributed by atoms with Crippen molar-refractivity contribution < 1.29 is 24.8 Å². The van der Waals surface area contributed by atoms with Crippen molar-refractivity contribution in [2.24, 2.45) is 11.8 Å². The van der Waals surface area contributed by atoms with E-state index >= 15 is 0 Å². The quantitative estimate of drug-likeness (QED) is 0.562. The molecule has 130 valence electrons. The molecule has 1 fully saturated rings. The lowest BCUT2D eigenvalue weighted by Crippen LogP contribution is -2.32. The fourth-order valence-corrected chi connectivity index (χ4v) is 3.11. The Kier molecular flexibility index (Phi) is 8.00. The molecular weight excluding hydrogens is 284 g/mol. The number of ether oxygens (including phenoxy) is 2. The van der Waals surface area contributed by atoms with E-state index in [0.717, 1.165) is 12.0 Å². The highest BCUT2D eigenvalue weighted by molar-refractivity contribution is 5.07. The molecule has 1 saturated heterocycles. The van der Waals surface area contributed by atoms with E-state index < -0.39 is 12.2 Å². The molecule has 1 aliphatic heterocycles. The van der Waals surface area contributed by atoms with Gasteiger partial charge in [0.15, 0.2) is 0 Å². The second kappa shape index (κ2) is 8.99. The van der Waals surface area contributed by atoms with E-state index in [4.69, 9.17) is 14.6 Å². The summed E-state index contributed by atoms with van der Waals surface area (Å²) in [5.41, 5.74) is 0.839. The summed E-state index contributed by atoms with van der Waals surface area (Å²) in [4.78, 5) is 0. The first kappa shape index (κ1) is 19.6. The van der Waals surface area contributed by atoms with E-state index in [1.54, 1.807) is 7.11 Å². The summed E-state index contributed by atoms with van der Waals surface area (Å²) in [6.07, 6.45) is -0.199. The summed E-state index contributed by atoms with van der Waals surface area (Å²) < 4.78 is 11.5. The van der Waals surface area contributed by atoms with Gasteiger partial charge in [-0.15, -0.1) is 0 Å². The lowest BCUT2D eigenvalue weighted by Gasteiger charge is -2.24. The van der Waals surface area contributed by atoms with E-state index in [2.05, 4.69) is 20.4 Å². The molecule has 5 unspecified atom stereocenters. The Labute approximate surface area is 133 Å². The molecule has 1 aliphatic rings. The lowest BCUT2D eigenvalue weighted by atomic mass is 9.88. The van der Waals surface area contributed by atoms with Crippen molar-refractivity contribution in [3.8, 4) is 0 Å². The summed E-state index contributed by atoms with van der Waals surface area (Å²) in [6.45, 7) is 9.88. The van der Waals surface area contributed by atoms with Gasteiger partial charge in [0.1, 0.15) is 0 Å². The number of hydrogen-bond donors (Lipinski definition) is 3. The molecule has 0 aromatic carbocycles. The zero-order valence-electron chi connectivity index (χ0n) is 14.2. The topological polar surface area (TPSA) is 79.2 Å². The van der Waals surface area contributed by atoms with Crippen LogP contribution in [0.3, 0.4) is 0 Å². The maximum Gasteiger partial charge on any atom is 0.0884 e. The molecule has 0 aromatic rings. The van der Waals surface area contributed by atoms with Crippen molar-refractivity contribution in [2.45, 2.75) is 70.6 Å². The minimum Gasteiger partial charge on any atom is -0.394 e. The van der Waals surface area contributed by atoms with Gasteiger partial charge in [-0.1, -0.05) is 27.4 Å². The normalized spacial score (nSPS) is 32.7. The van der Waals surface area contributed by atoms with Gasteiger partial charge >= 0.3 is 0 Å². The molecule has 0 amide bonds. The SMILES string of the molecule is C=C(C(O)CC1OC(CC(O)CO)[C@H](OC)C1C)[C@H](C)CC. The summed E-state index contributed by atoms with van der Waals surface area (Å²) in [5, 5.41) is 29.0. The molecular formula is C17H32O5. The zero-order valence-corrected chi connectivity index (χ0v) is 14.2. The van der Waals surface area contributed by atoms with Gasteiger partial charge in [-0.2, -0.15) is 0 Å². The molecule has 0 radical (unpaired) electrons. The smallest absolute Gasteiger partial charge is 0.0884 e. The van der Waals surface area contributed by atoms with E-state index in [-0.39, 0.29) is 36.8 Å². The largest absolute Gasteiger partial charge is 0.394 e. The van der Waals surface area contributed by atoms with Gasteiger partial charge in [-0.05, 0) is 17.9 Å².